The van der Waals surface area contributed by atoms with Gasteiger partial charge in [-0.15, -0.1) is 11.8 Å². The molecule has 0 aliphatic rings. The van der Waals surface area contributed by atoms with Crippen molar-refractivity contribution in [2.45, 2.75) is 31.2 Å². The monoisotopic (exact) mass is 252 g/mol. The predicted octanol–water partition coefficient (Wildman–Crippen LogP) is 1.94. The molecule has 1 aromatic carbocycles. The molecule has 3 nitrogen and oxygen atoms in total. The number of carbonyl (C=O) groups excluding carboxylic acids is 1. The summed E-state index contributed by atoms with van der Waals surface area (Å²) in [6.07, 6.45) is 0. The van der Waals surface area contributed by atoms with Crippen molar-refractivity contribution < 1.29 is 4.79 Å². The first-order valence-corrected chi connectivity index (χ1v) is 6.60. The van der Waals surface area contributed by atoms with E-state index in [9.17, 15) is 4.79 Å². The van der Waals surface area contributed by atoms with E-state index in [-0.39, 0.29) is 11.4 Å². The molecule has 0 heterocycles. The number of aryl methyl sites for hydroxylation is 1. The quantitative estimate of drug-likeness (QED) is 0.787. The minimum atomic E-state index is -0.357. The lowest BCUT2D eigenvalue weighted by molar-refractivity contribution is -0.118. The highest BCUT2D eigenvalue weighted by Gasteiger charge is 2.12. The SMILES string of the molecule is Cc1ccc(SCC(=O)NCC(C)(C)N)cc1. The average molecular weight is 252 g/mol. The molecule has 17 heavy (non-hydrogen) atoms. The number of nitrogens with two attached hydrogens (primary N) is 1. The Morgan fingerprint density at radius 2 is 1.94 bits per heavy atom. The van der Waals surface area contributed by atoms with E-state index in [4.69, 9.17) is 5.73 Å². The Hall–Kier alpha value is -1.00. The van der Waals surface area contributed by atoms with Crippen LogP contribution >= 0.6 is 11.8 Å². The van der Waals surface area contributed by atoms with Crippen molar-refractivity contribution in [2.24, 2.45) is 5.73 Å². The van der Waals surface area contributed by atoms with Gasteiger partial charge in [0.2, 0.25) is 5.91 Å². The average Bonchev–Trinajstić information content (AvgIpc) is 2.25. The molecule has 3 N–H and O–H groups in total. The Balaban J connectivity index is 2.31. The van der Waals surface area contributed by atoms with Crippen LogP contribution in [0.1, 0.15) is 19.4 Å². The van der Waals surface area contributed by atoms with E-state index in [0.29, 0.717) is 12.3 Å². The minimum Gasteiger partial charge on any atom is -0.354 e. The fraction of sp³-hybridized carbons (Fsp3) is 0.462. The van der Waals surface area contributed by atoms with Crippen LogP contribution in [-0.4, -0.2) is 23.7 Å². The van der Waals surface area contributed by atoms with Gasteiger partial charge in [-0.1, -0.05) is 17.7 Å². The fourth-order valence-electron chi connectivity index (χ4n) is 1.16. The number of hydrogen-bond acceptors (Lipinski definition) is 3. The van der Waals surface area contributed by atoms with Crippen LogP contribution < -0.4 is 11.1 Å². The molecule has 0 saturated heterocycles. The van der Waals surface area contributed by atoms with Crippen molar-refractivity contribution in [3.63, 3.8) is 0 Å². The number of benzene rings is 1. The molecule has 1 rings (SSSR count). The summed E-state index contributed by atoms with van der Waals surface area (Å²) in [6.45, 7) is 6.32. The summed E-state index contributed by atoms with van der Waals surface area (Å²) in [5, 5.41) is 2.82. The molecule has 0 aromatic heterocycles. The van der Waals surface area contributed by atoms with E-state index in [1.54, 1.807) is 0 Å². The van der Waals surface area contributed by atoms with Crippen LogP contribution in [0.4, 0.5) is 0 Å². The van der Waals surface area contributed by atoms with Crippen molar-refractivity contribution in [2.75, 3.05) is 12.3 Å². The second-order valence-corrected chi connectivity index (χ2v) is 5.92. The molecule has 0 bridgehead atoms. The van der Waals surface area contributed by atoms with Gasteiger partial charge in [0.15, 0.2) is 0 Å². The zero-order valence-corrected chi connectivity index (χ0v) is 11.4. The number of thioether (sulfide) groups is 1. The van der Waals surface area contributed by atoms with Gasteiger partial charge in [-0.25, -0.2) is 0 Å². The fourth-order valence-corrected chi connectivity index (χ4v) is 1.89. The lowest BCUT2D eigenvalue weighted by Crippen LogP contribution is -2.45. The van der Waals surface area contributed by atoms with Gasteiger partial charge in [0, 0.05) is 17.0 Å². The molecule has 0 spiro atoms. The molecule has 0 unspecified atom stereocenters. The number of hydrogen-bond donors (Lipinski definition) is 2. The van der Waals surface area contributed by atoms with E-state index in [2.05, 4.69) is 5.32 Å². The van der Waals surface area contributed by atoms with Crippen LogP contribution in [0.5, 0.6) is 0 Å². The highest BCUT2D eigenvalue weighted by Crippen LogP contribution is 2.17. The summed E-state index contributed by atoms with van der Waals surface area (Å²) in [7, 11) is 0. The van der Waals surface area contributed by atoms with Crippen LogP contribution in [0.3, 0.4) is 0 Å². The Kier molecular flexibility index (Phi) is 5.02. The molecule has 0 aliphatic carbocycles. The highest BCUT2D eigenvalue weighted by atomic mass is 32.2. The van der Waals surface area contributed by atoms with E-state index in [1.807, 2.05) is 45.0 Å². The molecule has 1 aromatic rings. The Labute approximate surface area is 107 Å². The van der Waals surface area contributed by atoms with E-state index in [1.165, 1.54) is 17.3 Å². The van der Waals surface area contributed by atoms with Gasteiger partial charge in [-0.3, -0.25) is 4.79 Å². The Morgan fingerprint density at radius 1 is 1.35 bits per heavy atom. The van der Waals surface area contributed by atoms with Crippen LogP contribution in [0, 0.1) is 6.92 Å². The molecular formula is C13H20N2OS. The largest absolute Gasteiger partial charge is 0.354 e. The normalized spacial score (nSPS) is 11.3. The van der Waals surface area contributed by atoms with Crippen molar-refractivity contribution in [3.8, 4) is 0 Å². The van der Waals surface area contributed by atoms with E-state index in [0.717, 1.165) is 4.90 Å². The predicted molar refractivity (Wildman–Crippen MR) is 73.2 cm³/mol. The molecule has 0 saturated carbocycles. The topological polar surface area (TPSA) is 55.1 Å². The summed E-state index contributed by atoms with van der Waals surface area (Å²) >= 11 is 1.53. The maximum atomic E-state index is 11.5. The van der Waals surface area contributed by atoms with Gasteiger partial charge in [0.25, 0.3) is 0 Å². The standard InChI is InChI=1S/C13H20N2OS/c1-10-4-6-11(7-5-10)17-8-12(16)15-9-13(2,3)14/h4-7H,8-9,14H2,1-3H3,(H,15,16). The first-order valence-electron chi connectivity index (χ1n) is 5.62. The van der Waals surface area contributed by atoms with Crippen LogP contribution in [0.25, 0.3) is 0 Å². The maximum absolute atomic E-state index is 11.5. The van der Waals surface area contributed by atoms with Crippen LogP contribution in [0.2, 0.25) is 0 Å². The number of carbonyl (C=O) groups is 1. The van der Waals surface area contributed by atoms with Crippen LogP contribution in [0.15, 0.2) is 29.2 Å². The van der Waals surface area contributed by atoms with Crippen molar-refractivity contribution in [1.82, 2.24) is 5.32 Å². The number of nitrogens with one attached hydrogen (secondary N) is 1. The summed E-state index contributed by atoms with van der Waals surface area (Å²) in [4.78, 5) is 12.7. The molecule has 4 heteroatoms. The summed E-state index contributed by atoms with van der Waals surface area (Å²) in [5.74, 6) is 0.452. The summed E-state index contributed by atoms with van der Waals surface area (Å²) < 4.78 is 0. The van der Waals surface area contributed by atoms with E-state index < -0.39 is 0 Å². The number of amides is 1. The zero-order chi connectivity index (χ0) is 12.9. The van der Waals surface area contributed by atoms with Crippen molar-refractivity contribution >= 4 is 17.7 Å². The van der Waals surface area contributed by atoms with Gasteiger partial charge in [0.05, 0.1) is 5.75 Å². The Bertz CT molecular complexity index is 368. The molecule has 0 aliphatic heterocycles. The van der Waals surface area contributed by atoms with Gasteiger partial charge >= 0.3 is 0 Å². The van der Waals surface area contributed by atoms with Crippen molar-refractivity contribution in [3.05, 3.63) is 29.8 Å². The minimum absolute atomic E-state index is 0.0223. The molecule has 1 amide bonds. The van der Waals surface area contributed by atoms with E-state index >= 15 is 0 Å². The van der Waals surface area contributed by atoms with Gasteiger partial charge < -0.3 is 11.1 Å². The molecule has 0 fully saturated rings. The third-order valence-electron chi connectivity index (χ3n) is 2.13. The third-order valence-corrected chi connectivity index (χ3v) is 3.14. The second kappa shape index (κ2) is 6.07. The molecular weight excluding hydrogens is 232 g/mol. The lowest BCUT2D eigenvalue weighted by atomic mass is 10.1. The zero-order valence-electron chi connectivity index (χ0n) is 10.6. The lowest BCUT2D eigenvalue weighted by Gasteiger charge is -2.18. The Morgan fingerprint density at radius 3 is 2.47 bits per heavy atom. The first-order chi connectivity index (χ1) is 7.87. The van der Waals surface area contributed by atoms with Gasteiger partial charge in [-0.2, -0.15) is 0 Å². The molecule has 94 valence electrons. The highest BCUT2D eigenvalue weighted by molar-refractivity contribution is 8.00. The molecule has 0 radical (unpaired) electrons. The van der Waals surface area contributed by atoms with Crippen molar-refractivity contribution in [1.29, 1.82) is 0 Å². The van der Waals surface area contributed by atoms with Gasteiger partial charge in [0.1, 0.15) is 0 Å². The van der Waals surface area contributed by atoms with Gasteiger partial charge in [-0.05, 0) is 32.9 Å². The number of rotatable bonds is 5. The maximum Gasteiger partial charge on any atom is 0.230 e. The third kappa shape index (κ3) is 6.34. The summed E-state index contributed by atoms with van der Waals surface area (Å²) in [5.41, 5.74) is 6.65. The van der Waals surface area contributed by atoms with Crippen LogP contribution in [-0.2, 0) is 4.79 Å². The first kappa shape index (κ1) is 14.1. The molecule has 0 atom stereocenters. The second-order valence-electron chi connectivity index (χ2n) is 4.87. The smallest absolute Gasteiger partial charge is 0.230 e. The summed E-state index contributed by atoms with van der Waals surface area (Å²) in [6, 6.07) is 8.15.